The topological polar surface area (TPSA) is 55.1 Å². The van der Waals surface area contributed by atoms with Crippen LogP contribution in [-0.2, 0) is 4.79 Å². The molecule has 1 aliphatic carbocycles. The minimum absolute atomic E-state index is 0.0334. The second-order valence-corrected chi connectivity index (χ2v) is 5.24. The van der Waals surface area contributed by atoms with E-state index in [2.05, 4.69) is 19.2 Å². The predicted octanol–water partition coefficient (Wildman–Crippen LogP) is 1.60. The fourth-order valence-corrected chi connectivity index (χ4v) is 2.43. The minimum atomic E-state index is -0.0334. The van der Waals surface area contributed by atoms with Crippen molar-refractivity contribution in [1.29, 1.82) is 0 Å². The molecule has 3 nitrogen and oxygen atoms in total. The van der Waals surface area contributed by atoms with Crippen LogP contribution in [0.2, 0.25) is 0 Å². The van der Waals surface area contributed by atoms with Crippen molar-refractivity contribution in [3.63, 3.8) is 0 Å². The fourth-order valence-electron chi connectivity index (χ4n) is 2.30. The molecule has 1 fully saturated rings. The van der Waals surface area contributed by atoms with Crippen molar-refractivity contribution in [2.24, 2.45) is 17.6 Å². The predicted molar refractivity (Wildman–Crippen MR) is 65.5 cm³/mol. The number of amides is 1. The first-order valence-electron chi connectivity index (χ1n) is 5.56. The Morgan fingerprint density at radius 1 is 1.47 bits per heavy atom. The first-order valence-corrected chi connectivity index (χ1v) is 5.97. The normalized spacial score (nSPS) is 30.9. The van der Waals surface area contributed by atoms with Crippen molar-refractivity contribution in [1.82, 2.24) is 5.32 Å². The van der Waals surface area contributed by atoms with Gasteiger partial charge in [0.2, 0.25) is 5.91 Å². The van der Waals surface area contributed by atoms with Crippen molar-refractivity contribution in [2.45, 2.75) is 45.6 Å². The van der Waals surface area contributed by atoms with E-state index in [-0.39, 0.29) is 17.3 Å². The summed E-state index contributed by atoms with van der Waals surface area (Å²) in [5, 5.41) is 3.01. The highest BCUT2D eigenvalue weighted by Gasteiger charge is 2.26. The molecule has 0 heterocycles. The molecule has 1 rings (SSSR count). The molecule has 0 aromatic heterocycles. The van der Waals surface area contributed by atoms with Crippen molar-refractivity contribution >= 4 is 23.1 Å². The first-order chi connectivity index (χ1) is 6.99. The third-order valence-electron chi connectivity index (χ3n) is 3.11. The second-order valence-electron chi connectivity index (χ2n) is 4.71. The van der Waals surface area contributed by atoms with Gasteiger partial charge in [-0.1, -0.05) is 26.1 Å². The quantitative estimate of drug-likeness (QED) is 0.721. The van der Waals surface area contributed by atoms with E-state index in [1.165, 1.54) is 12.8 Å². The Bertz CT molecular complexity index is 255. The number of rotatable bonds is 3. The van der Waals surface area contributed by atoms with Crippen molar-refractivity contribution in [3.05, 3.63) is 0 Å². The first kappa shape index (κ1) is 12.4. The zero-order chi connectivity index (χ0) is 11.4. The molecule has 0 spiro atoms. The van der Waals surface area contributed by atoms with Crippen LogP contribution in [0.25, 0.3) is 0 Å². The van der Waals surface area contributed by atoms with Crippen molar-refractivity contribution < 1.29 is 4.79 Å². The van der Waals surface area contributed by atoms with Gasteiger partial charge in [-0.25, -0.2) is 0 Å². The van der Waals surface area contributed by atoms with Gasteiger partial charge in [0.1, 0.15) is 0 Å². The summed E-state index contributed by atoms with van der Waals surface area (Å²) in [5.74, 6) is 1.31. The van der Waals surface area contributed by atoms with Crippen LogP contribution in [0.5, 0.6) is 0 Å². The lowest BCUT2D eigenvalue weighted by atomic mass is 9.80. The van der Waals surface area contributed by atoms with E-state index >= 15 is 0 Å². The number of nitrogens with one attached hydrogen (secondary N) is 1. The maximum absolute atomic E-state index is 11.5. The molecule has 4 heteroatoms. The molecule has 0 aromatic rings. The summed E-state index contributed by atoms with van der Waals surface area (Å²) in [6.45, 7) is 4.46. The van der Waals surface area contributed by atoms with Crippen LogP contribution in [0.4, 0.5) is 0 Å². The molecule has 1 saturated carbocycles. The molecule has 0 bridgehead atoms. The molecule has 1 amide bonds. The average Bonchev–Trinajstić information content (AvgIpc) is 2.08. The minimum Gasteiger partial charge on any atom is -0.393 e. The molecule has 0 aromatic carbocycles. The van der Waals surface area contributed by atoms with Gasteiger partial charge >= 0.3 is 0 Å². The summed E-state index contributed by atoms with van der Waals surface area (Å²) < 4.78 is 0. The number of nitrogens with two attached hydrogens (primary N) is 1. The molecule has 3 atom stereocenters. The standard InChI is InChI=1S/C11H20N2OS/c1-7-3-4-9(8(2)5-7)13-11(14)6-10(12)15/h7-9H,3-6H2,1-2H3,(H2,12,15)(H,13,14). The lowest BCUT2D eigenvalue weighted by Crippen LogP contribution is -2.43. The largest absolute Gasteiger partial charge is 0.393 e. The third-order valence-corrected chi connectivity index (χ3v) is 3.26. The average molecular weight is 228 g/mol. The number of hydrogen-bond acceptors (Lipinski definition) is 2. The summed E-state index contributed by atoms with van der Waals surface area (Å²) in [7, 11) is 0. The van der Waals surface area contributed by atoms with Crippen LogP contribution in [0.3, 0.4) is 0 Å². The summed E-state index contributed by atoms with van der Waals surface area (Å²) in [6, 6.07) is 0.308. The Morgan fingerprint density at radius 3 is 2.67 bits per heavy atom. The van der Waals surface area contributed by atoms with Crippen LogP contribution in [-0.4, -0.2) is 16.9 Å². The van der Waals surface area contributed by atoms with Gasteiger partial charge in [-0.2, -0.15) is 0 Å². The zero-order valence-electron chi connectivity index (χ0n) is 9.45. The Balaban J connectivity index is 2.38. The molecule has 3 unspecified atom stereocenters. The lowest BCUT2D eigenvalue weighted by molar-refractivity contribution is -0.121. The monoisotopic (exact) mass is 228 g/mol. The summed E-state index contributed by atoms with van der Waals surface area (Å²) in [6.07, 6.45) is 3.64. The molecule has 15 heavy (non-hydrogen) atoms. The van der Waals surface area contributed by atoms with Gasteiger partial charge < -0.3 is 11.1 Å². The molecule has 0 radical (unpaired) electrons. The zero-order valence-corrected chi connectivity index (χ0v) is 10.3. The Labute approximate surface area is 96.8 Å². The smallest absolute Gasteiger partial charge is 0.227 e. The van der Waals surface area contributed by atoms with E-state index in [9.17, 15) is 4.79 Å². The molecule has 3 N–H and O–H groups in total. The maximum atomic E-state index is 11.5. The van der Waals surface area contributed by atoms with Gasteiger partial charge in [-0.15, -0.1) is 0 Å². The molecule has 86 valence electrons. The fraction of sp³-hybridized carbons (Fsp3) is 0.818. The number of hydrogen-bond donors (Lipinski definition) is 2. The molecular weight excluding hydrogens is 208 g/mol. The highest BCUT2D eigenvalue weighted by molar-refractivity contribution is 7.80. The van der Waals surface area contributed by atoms with Gasteiger partial charge in [0, 0.05) is 6.04 Å². The Morgan fingerprint density at radius 2 is 2.13 bits per heavy atom. The third kappa shape index (κ3) is 4.16. The van der Waals surface area contributed by atoms with Crippen LogP contribution >= 0.6 is 12.2 Å². The van der Waals surface area contributed by atoms with Crippen LogP contribution in [0.1, 0.15) is 39.5 Å². The summed E-state index contributed by atoms with van der Waals surface area (Å²) in [4.78, 5) is 11.7. The number of carbonyl (C=O) groups excluding carboxylic acids is 1. The number of carbonyl (C=O) groups is 1. The van der Waals surface area contributed by atoms with Gasteiger partial charge in [0.05, 0.1) is 11.4 Å². The Kier molecular flexibility index (Phi) is 4.51. The Hall–Kier alpha value is -0.640. The van der Waals surface area contributed by atoms with E-state index in [1.54, 1.807) is 0 Å². The van der Waals surface area contributed by atoms with E-state index in [0.29, 0.717) is 12.0 Å². The maximum Gasteiger partial charge on any atom is 0.227 e. The van der Waals surface area contributed by atoms with Gasteiger partial charge in [-0.3, -0.25) is 4.79 Å². The highest BCUT2D eigenvalue weighted by atomic mass is 32.1. The summed E-state index contributed by atoms with van der Waals surface area (Å²) >= 11 is 4.70. The molecule has 1 aliphatic rings. The summed E-state index contributed by atoms with van der Waals surface area (Å²) in [5.41, 5.74) is 5.33. The van der Waals surface area contributed by atoms with Crippen LogP contribution in [0, 0.1) is 11.8 Å². The van der Waals surface area contributed by atoms with E-state index < -0.39 is 0 Å². The second kappa shape index (κ2) is 5.45. The highest BCUT2D eigenvalue weighted by Crippen LogP contribution is 2.28. The van der Waals surface area contributed by atoms with E-state index in [4.69, 9.17) is 18.0 Å². The van der Waals surface area contributed by atoms with E-state index in [1.807, 2.05) is 0 Å². The van der Waals surface area contributed by atoms with Crippen LogP contribution in [0.15, 0.2) is 0 Å². The van der Waals surface area contributed by atoms with Gasteiger partial charge in [0.15, 0.2) is 0 Å². The van der Waals surface area contributed by atoms with Gasteiger partial charge in [0.25, 0.3) is 0 Å². The molecule has 0 saturated heterocycles. The van der Waals surface area contributed by atoms with Crippen LogP contribution < -0.4 is 11.1 Å². The van der Waals surface area contributed by atoms with Crippen molar-refractivity contribution in [2.75, 3.05) is 0 Å². The lowest BCUT2D eigenvalue weighted by Gasteiger charge is -2.33. The SMILES string of the molecule is CC1CCC(NC(=O)CC(N)=S)C(C)C1. The number of thiocarbonyl (C=S) groups is 1. The molecular formula is C11H20N2OS. The molecule has 0 aliphatic heterocycles. The van der Waals surface area contributed by atoms with Crippen molar-refractivity contribution in [3.8, 4) is 0 Å². The van der Waals surface area contributed by atoms with E-state index in [0.717, 1.165) is 12.3 Å². The van der Waals surface area contributed by atoms with Gasteiger partial charge in [-0.05, 0) is 31.1 Å².